The number of ether oxygens (including phenoxy) is 1. The van der Waals surface area contributed by atoms with Gasteiger partial charge in [0.05, 0.1) is 10.8 Å². The number of nitrogens with zero attached hydrogens (tertiary/aromatic N) is 2. The molecule has 0 aliphatic carbocycles. The molecule has 0 aliphatic rings. The van der Waals surface area contributed by atoms with Gasteiger partial charge in [-0.2, -0.15) is 0 Å². The van der Waals surface area contributed by atoms with E-state index in [1.165, 1.54) is 12.1 Å². The van der Waals surface area contributed by atoms with E-state index in [-0.39, 0.29) is 11.6 Å². The standard InChI is InChI=1S/C13H10BrClN2O3/c14-11-3-9(6-16-7-11)8-20-13-2-1-12(17(18)19)4-10(13)5-15/h1-4,6-7H,5,8H2. The topological polar surface area (TPSA) is 65.3 Å². The van der Waals surface area contributed by atoms with E-state index >= 15 is 0 Å². The zero-order chi connectivity index (χ0) is 14.5. The third-order valence-electron chi connectivity index (χ3n) is 2.55. The minimum atomic E-state index is -0.460. The van der Waals surface area contributed by atoms with Crippen molar-refractivity contribution < 1.29 is 9.66 Å². The third kappa shape index (κ3) is 3.68. The summed E-state index contributed by atoms with van der Waals surface area (Å²) in [7, 11) is 0. The molecule has 0 saturated carbocycles. The molecular formula is C13H10BrClN2O3. The van der Waals surface area contributed by atoms with E-state index in [1.54, 1.807) is 18.5 Å². The molecule has 20 heavy (non-hydrogen) atoms. The van der Waals surface area contributed by atoms with E-state index in [1.807, 2.05) is 6.07 Å². The smallest absolute Gasteiger partial charge is 0.270 e. The Morgan fingerprint density at radius 1 is 1.35 bits per heavy atom. The van der Waals surface area contributed by atoms with Crippen molar-refractivity contribution in [1.82, 2.24) is 4.98 Å². The van der Waals surface area contributed by atoms with Gasteiger partial charge in [0.15, 0.2) is 0 Å². The first kappa shape index (κ1) is 14.7. The van der Waals surface area contributed by atoms with Gasteiger partial charge in [0, 0.05) is 40.1 Å². The van der Waals surface area contributed by atoms with Crippen LogP contribution >= 0.6 is 27.5 Å². The predicted octanol–water partition coefficient (Wildman–Crippen LogP) is 4.07. The molecule has 5 nitrogen and oxygen atoms in total. The molecule has 0 amide bonds. The Morgan fingerprint density at radius 2 is 2.15 bits per heavy atom. The second kappa shape index (κ2) is 6.67. The zero-order valence-electron chi connectivity index (χ0n) is 10.3. The highest BCUT2D eigenvalue weighted by molar-refractivity contribution is 9.10. The molecule has 0 aliphatic heterocycles. The van der Waals surface area contributed by atoms with Crippen LogP contribution in [0.2, 0.25) is 0 Å². The van der Waals surface area contributed by atoms with Gasteiger partial charge in [-0.15, -0.1) is 11.6 Å². The Balaban J connectivity index is 2.15. The van der Waals surface area contributed by atoms with Crippen LogP contribution in [0.5, 0.6) is 5.75 Å². The molecule has 1 aromatic heterocycles. The van der Waals surface area contributed by atoms with Crippen LogP contribution in [0, 0.1) is 10.1 Å². The van der Waals surface area contributed by atoms with Crippen LogP contribution in [-0.4, -0.2) is 9.91 Å². The molecule has 7 heteroatoms. The highest BCUT2D eigenvalue weighted by Gasteiger charge is 2.11. The number of rotatable bonds is 5. The van der Waals surface area contributed by atoms with Crippen LogP contribution in [0.4, 0.5) is 5.69 Å². The lowest BCUT2D eigenvalue weighted by molar-refractivity contribution is -0.384. The first-order valence-electron chi connectivity index (χ1n) is 5.65. The maximum absolute atomic E-state index is 10.7. The monoisotopic (exact) mass is 356 g/mol. The van der Waals surface area contributed by atoms with Crippen LogP contribution in [0.3, 0.4) is 0 Å². The van der Waals surface area contributed by atoms with Crippen LogP contribution < -0.4 is 4.74 Å². The Morgan fingerprint density at radius 3 is 2.80 bits per heavy atom. The summed E-state index contributed by atoms with van der Waals surface area (Å²) in [6, 6.07) is 6.26. The summed E-state index contributed by atoms with van der Waals surface area (Å²) in [5.41, 5.74) is 1.47. The first-order valence-corrected chi connectivity index (χ1v) is 6.98. The van der Waals surface area contributed by atoms with E-state index in [9.17, 15) is 10.1 Å². The molecule has 2 aromatic rings. The maximum Gasteiger partial charge on any atom is 0.270 e. The van der Waals surface area contributed by atoms with E-state index in [0.29, 0.717) is 17.9 Å². The van der Waals surface area contributed by atoms with Gasteiger partial charge in [0.25, 0.3) is 5.69 Å². The Kier molecular flexibility index (Phi) is 4.92. The van der Waals surface area contributed by atoms with Crippen molar-refractivity contribution in [2.75, 3.05) is 0 Å². The van der Waals surface area contributed by atoms with Crippen LogP contribution in [-0.2, 0) is 12.5 Å². The van der Waals surface area contributed by atoms with Crippen molar-refractivity contribution in [2.45, 2.75) is 12.5 Å². The van der Waals surface area contributed by atoms with Crippen LogP contribution in [0.1, 0.15) is 11.1 Å². The average Bonchev–Trinajstić information content (AvgIpc) is 2.45. The van der Waals surface area contributed by atoms with Gasteiger partial charge in [0.2, 0.25) is 0 Å². The minimum absolute atomic E-state index is 0.00266. The molecule has 0 radical (unpaired) electrons. The van der Waals surface area contributed by atoms with Gasteiger partial charge in [-0.05, 0) is 28.1 Å². The lowest BCUT2D eigenvalue weighted by atomic mass is 10.2. The summed E-state index contributed by atoms with van der Waals surface area (Å²) in [6.07, 6.45) is 3.37. The molecule has 104 valence electrons. The van der Waals surface area contributed by atoms with Gasteiger partial charge < -0.3 is 4.74 Å². The number of alkyl halides is 1. The Hall–Kier alpha value is -1.66. The highest BCUT2D eigenvalue weighted by Crippen LogP contribution is 2.26. The number of hydrogen-bond donors (Lipinski definition) is 0. The largest absolute Gasteiger partial charge is 0.489 e. The summed E-state index contributed by atoms with van der Waals surface area (Å²) in [5.74, 6) is 0.680. The molecule has 0 spiro atoms. The Labute approximate surface area is 128 Å². The highest BCUT2D eigenvalue weighted by atomic mass is 79.9. The summed E-state index contributed by atoms with van der Waals surface area (Å²) in [4.78, 5) is 14.3. The lowest BCUT2D eigenvalue weighted by Crippen LogP contribution is -1.99. The van der Waals surface area contributed by atoms with Crippen molar-refractivity contribution in [2.24, 2.45) is 0 Å². The number of non-ortho nitro benzene ring substituents is 1. The summed E-state index contributed by atoms with van der Waals surface area (Å²) >= 11 is 9.12. The number of aromatic nitrogens is 1. The molecular weight excluding hydrogens is 348 g/mol. The summed E-state index contributed by atoms with van der Waals surface area (Å²) in [6.45, 7) is 0.314. The molecule has 2 rings (SSSR count). The first-order chi connectivity index (χ1) is 9.60. The van der Waals surface area contributed by atoms with Gasteiger partial charge in [0.1, 0.15) is 12.4 Å². The molecule has 0 bridgehead atoms. The van der Waals surface area contributed by atoms with Crippen molar-refractivity contribution in [1.29, 1.82) is 0 Å². The number of nitro groups is 1. The minimum Gasteiger partial charge on any atom is -0.489 e. The normalized spacial score (nSPS) is 10.3. The zero-order valence-corrected chi connectivity index (χ0v) is 12.6. The van der Waals surface area contributed by atoms with Crippen LogP contribution in [0.15, 0.2) is 41.1 Å². The van der Waals surface area contributed by atoms with Gasteiger partial charge in [-0.1, -0.05) is 0 Å². The quantitative estimate of drug-likeness (QED) is 0.459. The fourth-order valence-electron chi connectivity index (χ4n) is 1.62. The van der Waals surface area contributed by atoms with Gasteiger partial charge in [-0.25, -0.2) is 0 Å². The van der Waals surface area contributed by atoms with E-state index in [2.05, 4.69) is 20.9 Å². The maximum atomic E-state index is 10.7. The fourth-order valence-corrected chi connectivity index (χ4v) is 2.24. The number of pyridine rings is 1. The summed E-state index contributed by atoms with van der Waals surface area (Å²) < 4.78 is 6.50. The number of halogens is 2. The lowest BCUT2D eigenvalue weighted by Gasteiger charge is -2.10. The second-order valence-corrected chi connectivity index (χ2v) is 5.17. The molecule has 0 unspecified atom stereocenters. The van der Waals surface area contributed by atoms with Crippen molar-refractivity contribution in [3.63, 3.8) is 0 Å². The molecule has 1 heterocycles. The molecule has 1 aromatic carbocycles. The average molecular weight is 358 g/mol. The second-order valence-electron chi connectivity index (χ2n) is 3.98. The molecule has 0 atom stereocenters. The molecule has 0 fully saturated rings. The van der Waals surface area contributed by atoms with Gasteiger partial charge >= 0.3 is 0 Å². The number of benzene rings is 1. The SMILES string of the molecule is O=[N+]([O-])c1ccc(OCc2cncc(Br)c2)c(CCl)c1. The van der Waals surface area contributed by atoms with Crippen molar-refractivity contribution in [3.05, 3.63) is 62.4 Å². The van der Waals surface area contributed by atoms with Crippen molar-refractivity contribution in [3.8, 4) is 5.75 Å². The van der Waals surface area contributed by atoms with Crippen molar-refractivity contribution >= 4 is 33.2 Å². The predicted molar refractivity (Wildman–Crippen MR) is 78.9 cm³/mol. The van der Waals surface area contributed by atoms with Gasteiger partial charge in [-0.3, -0.25) is 15.1 Å². The van der Waals surface area contributed by atoms with E-state index in [4.69, 9.17) is 16.3 Å². The number of nitro benzene ring substituents is 1. The Bertz CT molecular complexity index is 637. The van der Waals surface area contributed by atoms with Crippen LogP contribution in [0.25, 0.3) is 0 Å². The third-order valence-corrected chi connectivity index (χ3v) is 3.28. The number of hydrogen-bond acceptors (Lipinski definition) is 4. The fraction of sp³-hybridized carbons (Fsp3) is 0.154. The van der Waals surface area contributed by atoms with E-state index in [0.717, 1.165) is 10.0 Å². The summed E-state index contributed by atoms with van der Waals surface area (Å²) in [5, 5.41) is 10.7. The molecule has 0 saturated heterocycles. The van der Waals surface area contributed by atoms with E-state index < -0.39 is 4.92 Å². The molecule has 0 N–H and O–H groups in total.